The summed E-state index contributed by atoms with van der Waals surface area (Å²) < 4.78 is 14.7. The van der Waals surface area contributed by atoms with Gasteiger partial charge in [0.2, 0.25) is 0 Å². The molecule has 18 heavy (non-hydrogen) atoms. The van der Waals surface area contributed by atoms with Gasteiger partial charge in [-0.25, -0.2) is 4.39 Å². The van der Waals surface area contributed by atoms with E-state index < -0.39 is 0 Å². The highest BCUT2D eigenvalue weighted by Crippen LogP contribution is 2.10. The molecule has 1 aromatic heterocycles. The van der Waals surface area contributed by atoms with Crippen molar-refractivity contribution < 1.29 is 9.18 Å². The molecule has 1 amide bonds. The summed E-state index contributed by atoms with van der Waals surface area (Å²) in [7, 11) is 1.62. The van der Waals surface area contributed by atoms with Gasteiger partial charge in [0, 0.05) is 19.2 Å². The molecular weight excluding hydrogens is 235 g/mol. The summed E-state index contributed by atoms with van der Waals surface area (Å²) in [6.07, 6.45) is 1.40. The van der Waals surface area contributed by atoms with Gasteiger partial charge in [-0.15, -0.1) is 0 Å². The standard InChI is InChI=1S/C12H13FN4O/c1-17-11(10(14)7-16-17)12(18)15-6-8-4-2-3-5-9(8)13/h2-5,7H,6,14H2,1H3,(H,15,18). The average molecular weight is 248 g/mol. The molecule has 3 N–H and O–H groups in total. The first-order valence-electron chi connectivity index (χ1n) is 5.38. The molecule has 0 fully saturated rings. The van der Waals surface area contributed by atoms with Crippen LogP contribution in [0.3, 0.4) is 0 Å². The predicted octanol–water partition coefficient (Wildman–Crippen LogP) is 1.07. The number of nitrogens with two attached hydrogens (primary N) is 1. The number of anilines is 1. The van der Waals surface area contributed by atoms with E-state index in [9.17, 15) is 9.18 Å². The van der Waals surface area contributed by atoms with Crippen molar-refractivity contribution in [2.75, 3.05) is 5.73 Å². The van der Waals surface area contributed by atoms with Crippen LogP contribution < -0.4 is 11.1 Å². The summed E-state index contributed by atoms with van der Waals surface area (Å²) in [6.45, 7) is 0.107. The molecule has 2 rings (SSSR count). The summed E-state index contributed by atoms with van der Waals surface area (Å²) >= 11 is 0. The van der Waals surface area contributed by atoms with Crippen molar-refractivity contribution >= 4 is 11.6 Å². The largest absolute Gasteiger partial charge is 0.396 e. The molecule has 2 aromatic rings. The Bertz CT molecular complexity index is 560. The Balaban J connectivity index is 2.08. The van der Waals surface area contributed by atoms with Crippen LogP contribution in [0, 0.1) is 5.82 Å². The minimum absolute atomic E-state index is 0.107. The Morgan fingerprint density at radius 2 is 2.22 bits per heavy atom. The molecule has 0 spiro atoms. The number of aryl methyl sites for hydroxylation is 1. The fourth-order valence-corrected chi connectivity index (χ4v) is 1.63. The lowest BCUT2D eigenvalue weighted by Crippen LogP contribution is -2.26. The van der Waals surface area contributed by atoms with E-state index in [0.29, 0.717) is 11.3 Å². The number of carbonyl (C=O) groups excluding carboxylic acids is 1. The maximum atomic E-state index is 13.3. The number of nitrogens with one attached hydrogen (secondary N) is 1. The van der Waals surface area contributed by atoms with E-state index in [1.807, 2.05) is 0 Å². The number of rotatable bonds is 3. The maximum Gasteiger partial charge on any atom is 0.271 e. The van der Waals surface area contributed by atoms with E-state index >= 15 is 0 Å². The van der Waals surface area contributed by atoms with E-state index in [0.717, 1.165) is 0 Å². The number of nitrogens with zero attached hydrogens (tertiary/aromatic N) is 2. The quantitative estimate of drug-likeness (QED) is 0.853. The molecule has 0 radical (unpaired) electrons. The van der Waals surface area contributed by atoms with E-state index in [-0.39, 0.29) is 24.0 Å². The van der Waals surface area contributed by atoms with E-state index in [2.05, 4.69) is 10.4 Å². The molecule has 0 saturated heterocycles. The van der Waals surface area contributed by atoms with Crippen molar-refractivity contribution in [3.8, 4) is 0 Å². The van der Waals surface area contributed by atoms with Gasteiger partial charge in [-0.1, -0.05) is 18.2 Å². The lowest BCUT2D eigenvalue weighted by molar-refractivity contribution is 0.0942. The number of halogens is 1. The average Bonchev–Trinajstić information content (AvgIpc) is 2.68. The van der Waals surface area contributed by atoms with E-state index in [1.165, 1.54) is 16.9 Å². The second-order valence-corrected chi connectivity index (χ2v) is 3.85. The van der Waals surface area contributed by atoms with E-state index in [4.69, 9.17) is 5.73 Å². The zero-order valence-electron chi connectivity index (χ0n) is 9.85. The van der Waals surface area contributed by atoms with Crippen LogP contribution in [0.5, 0.6) is 0 Å². The van der Waals surface area contributed by atoms with Crippen LogP contribution in [0.1, 0.15) is 16.1 Å². The number of nitrogen functional groups attached to an aromatic ring is 1. The zero-order valence-corrected chi connectivity index (χ0v) is 9.85. The van der Waals surface area contributed by atoms with Crippen molar-refractivity contribution in [2.24, 2.45) is 7.05 Å². The molecule has 0 unspecified atom stereocenters. The second kappa shape index (κ2) is 4.87. The number of carbonyl (C=O) groups is 1. The van der Waals surface area contributed by atoms with Crippen molar-refractivity contribution in [2.45, 2.75) is 6.54 Å². The molecular formula is C12H13FN4O. The first kappa shape index (κ1) is 12.1. The number of benzene rings is 1. The number of aromatic nitrogens is 2. The Morgan fingerprint density at radius 1 is 1.50 bits per heavy atom. The van der Waals surface area contributed by atoms with Gasteiger partial charge in [0.15, 0.2) is 0 Å². The Morgan fingerprint density at radius 3 is 2.83 bits per heavy atom. The summed E-state index contributed by atoms with van der Waals surface area (Å²) in [5.41, 5.74) is 6.61. The van der Waals surface area contributed by atoms with Crippen LogP contribution >= 0.6 is 0 Å². The molecule has 1 aromatic carbocycles. The summed E-state index contributed by atoms with van der Waals surface area (Å²) in [6, 6.07) is 6.27. The third-order valence-corrected chi connectivity index (χ3v) is 2.58. The van der Waals surface area contributed by atoms with Crippen LogP contribution in [-0.4, -0.2) is 15.7 Å². The number of hydrogen-bond donors (Lipinski definition) is 2. The fraction of sp³-hybridized carbons (Fsp3) is 0.167. The molecule has 0 aliphatic rings. The zero-order chi connectivity index (χ0) is 13.1. The van der Waals surface area contributed by atoms with Gasteiger partial charge in [0.25, 0.3) is 5.91 Å². The molecule has 0 bridgehead atoms. The van der Waals surface area contributed by atoms with Crippen molar-refractivity contribution in [3.63, 3.8) is 0 Å². The SMILES string of the molecule is Cn1ncc(N)c1C(=O)NCc1ccccc1F. The van der Waals surface area contributed by atoms with Crippen LogP contribution in [0.15, 0.2) is 30.5 Å². The Labute approximate surface area is 103 Å². The predicted molar refractivity (Wildman–Crippen MR) is 65.2 cm³/mol. The van der Waals surface area contributed by atoms with Crippen LogP contribution in [0.2, 0.25) is 0 Å². The third-order valence-electron chi connectivity index (χ3n) is 2.58. The fourth-order valence-electron chi connectivity index (χ4n) is 1.63. The molecule has 6 heteroatoms. The summed E-state index contributed by atoms with van der Waals surface area (Å²) in [4.78, 5) is 11.9. The highest BCUT2D eigenvalue weighted by atomic mass is 19.1. The van der Waals surface area contributed by atoms with Crippen molar-refractivity contribution in [3.05, 3.63) is 47.5 Å². The minimum atomic E-state index is -0.379. The first-order chi connectivity index (χ1) is 8.59. The number of hydrogen-bond acceptors (Lipinski definition) is 3. The second-order valence-electron chi connectivity index (χ2n) is 3.85. The highest BCUT2D eigenvalue weighted by Gasteiger charge is 2.14. The topological polar surface area (TPSA) is 72.9 Å². The highest BCUT2D eigenvalue weighted by molar-refractivity contribution is 5.97. The lowest BCUT2D eigenvalue weighted by Gasteiger charge is -2.07. The molecule has 0 saturated carbocycles. The Hall–Kier alpha value is -2.37. The van der Waals surface area contributed by atoms with Crippen LogP contribution in [0.25, 0.3) is 0 Å². The third kappa shape index (κ3) is 2.32. The van der Waals surface area contributed by atoms with Gasteiger partial charge in [-0.3, -0.25) is 9.48 Å². The van der Waals surface area contributed by atoms with Crippen LogP contribution in [0.4, 0.5) is 10.1 Å². The first-order valence-corrected chi connectivity index (χ1v) is 5.38. The molecule has 0 aliphatic heterocycles. The Kier molecular flexibility index (Phi) is 3.27. The smallest absolute Gasteiger partial charge is 0.271 e. The van der Waals surface area contributed by atoms with E-state index in [1.54, 1.807) is 25.2 Å². The molecule has 0 atom stereocenters. The molecule has 1 heterocycles. The monoisotopic (exact) mass is 248 g/mol. The van der Waals surface area contributed by atoms with Gasteiger partial charge in [-0.05, 0) is 6.07 Å². The van der Waals surface area contributed by atoms with Gasteiger partial charge in [0.1, 0.15) is 11.5 Å². The molecule has 94 valence electrons. The summed E-state index contributed by atoms with van der Waals surface area (Å²) in [5.74, 6) is -0.730. The van der Waals surface area contributed by atoms with Gasteiger partial charge in [0.05, 0.1) is 11.9 Å². The van der Waals surface area contributed by atoms with Crippen molar-refractivity contribution in [1.82, 2.24) is 15.1 Å². The normalized spacial score (nSPS) is 10.3. The van der Waals surface area contributed by atoms with Gasteiger partial charge in [-0.2, -0.15) is 5.10 Å². The summed E-state index contributed by atoms with van der Waals surface area (Å²) in [5, 5.41) is 6.47. The van der Waals surface area contributed by atoms with Crippen LogP contribution in [-0.2, 0) is 13.6 Å². The van der Waals surface area contributed by atoms with Gasteiger partial charge < -0.3 is 11.1 Å². The minimum Gasteiger partial charge on any atom is -0.396 e. The number of amides is 1. The van der Waals surface area contributed by atoms with Gasteiger partial charge >= 0.3 is 0 Å². The molecule has 0 aliphatic carbocycles. The molecule has 5 nitrogen and oxygen atoms in total. The lowest BCUT2D eigenvalue weighted by atomic mass is 10.2. The van der Waals surface area contributed by atoms with Crippen molar-refractivity contribution in [1.29, 1.82) is 0 Å². The maximum absolute atomic E-state index is 13.3.